The van der Waals surface area contributed by atoms with Crippen molar-refractivity contribution in [3.05, 3.63) is 301 Å². The van der Waals surface area contributed by atoms with Crippen molar-refractivity contribution in [3.8, 4) is 50.2 Å². The Balaban J connectivity index is 0.824. The third-order valence-electron chi connectivity index (χ3n) is 15.4. The van der Waals surface area contributed by atoms with Crippen molar-refractivity contribution in [3.63, 3.8) is 0 Å². The molecule has 1 aromatic heterocycles. The van der Waals surface area contributed by atoms with E-state index in [1.165, 1.54) is 99.4 Å². The summed E-state index contributed by atoms with van der Waals surface area (Å²) < 4.78 is 2.39. The molecule has 1 unspecified atom stereocenters. The van der Waals surface area contributed by atoms with E-state index in [1.54, 1.807) is 0 Å². The minimum atomic E-state index is 0.406. The van der Waals surface area contributed by atoms with Gasteiger partial charge in [0, 0.05) is 39.4 Å². The van der Waals surface area contributed by atoms with E-state index in [0.717, 1.165) is 34.7 Å². The number of aromatic nitrogens is 1. The van der Waals surface area contributed by atoms with E-state index in [2.05, 4.69) is 295 Å². The van der Waals surface area contributed by atoms with Crippen LogP contribution in [0.15, 0.2) is 285 Å². The molecule has 74 heavy (non-hydrogen) atoms. The largest absolute Gasteiger partial charge is 0.310 e. The molecule has 1 atom stereocenters. The molecule has 0 fully saturated rings. The topological polar surface area (TPSA) is 8.17 Å². The second-order valence-electron chi connectivity index (χ2n) is 19.6. The molecule has 1 heterocycles. The fourth-order valence-corrected chi connectivity index (χ4v) is 11.7. The van der Waals surface area contributed by atoms with Gasteiger partial charge in [-0.3, -0.25) is 0 Å². The third kappa shape index (κ3) is 7.67. The lowest BCUT2D eigenvalue weighted by atomic mass is 9.77. The number of nitrogens with zero attached hydrogens (tertiary/aromatic N) is 2. The summed E-state index contributed by atoms with van der Waals surface area (Å²) in [6.45, 7) is 0. The molecule has 11 aromatic carbocycles. The minimum Gasteiger partial charge on any atom is -0.310 e. The number of para-hydroxylation sites is 2. The molecule has 348 valence electrons. The highest BCUT2D eigenvalue weighted by Crippen LogP contribution is 2.44. The van der Waals surface area contributed by atoms with Crippen LogP contribution in [-0.4, -0.2) is 4.57 Å². The molecular weight excluding hydrogens is 893 g/mol. The van der Waals surface area contributed by atoms with E-state index in [1.807, 2.05) is 0 Å². The van der Waals surface area contributed by atoms with Crippen LogP contribution in [0.4, 0.5) is 17.1 Å². The van der Waals surface area contributed by atoms with Gasteiger partial charge in [0.05, 0.1) is 11.0 Å². The fourth-order valence-electron chi connectivity index (χ4n) is 11.7. The van der Waals surface area contributed by atoms with Gasteiger partial charge >= 0.3 is 0 Å². The molecule has 0 saturated heterocycles. The Kier molecular flexibility index (Phi) is 10.7. The Morgan fingerprint density at radius 2 is 0.973 bits per heavy atom. The van der Waals surface area contributed by atoms with Crippen LogP contribution < -0.4 is 4.90 Å². The summed E-state index contributed by atoms with van der Waals surface area (Å²) in [5, 5.41) is 5.03. The predicted octanol–water partition coefficient (Wildman–Crippen LogP) is 19.6. The van der Waals surface area contributed by atoms with Crippen LogP contribution in [0, 0.1) is 0 Å². The van der Waals surface area contributed by atoms with Crippen molar-refractivity contribution in [1.82, 2.24) is 4.57 Å². The van der Waals surface area contributed by atoms with Gasteiger partial charge in [-0.15, -0.1) is 0 Å². The summed E-state index contributed by atoms with van der Waals surface area (Å²) in [6.07, 6.45) is 10.4. The number of benzene rings is 11. The summed E-state index contributed by atoms with van der Waals surface area (Å²) in [6, 6.07) is 95.5. The van der Waals surface area contributed by atoms with E-state index in [4.69, 9.17) is 0 Å². The average molecular weight is 943 g/mol. The van der Waals surface area contributed by atoms with E-state index in [-0.39, 0.29) is 0 Å². The molecule has 0 saturated carbocycles. The van der Waals surface area contributed by atoms with Crippen molar-refractivity contribution in [1.29, 1.82) is 0 Å². The summed E-state index contributed by atoms with van der Waals surface area (Å²) in [5.41, 5.74) is 23.0. The zero-order valence-corrected chi connectivity index (χ0v) is 40.8. The Labute approximate surface area is 432 Å². The highest BCUT2D eigenvalue weighted by Gasteiger charge is 2.24. The predicted molar refractivity (Wildman–Crippen MR) is 314 cm³/mol. The molecule has 2 heteroatoms. The van der Waals surface area contributed by atoms with Gasteiger partial charge in [0.2, 0.25) is 0 Å². The Hall–Kier alpha value is -9.50. The van der Waals surface area contributed by atoms with Gasteiger partial charge in [0.25, 0.3) is 0 Å². The molecule has 0 N–H and O–H groups in total. The van der Waals surface area contributed by atoms with Gasteiger partial charge in [-0.1, -0.05) is 218 Å². The Morgan fingerprint density at radius 3 is 1.80 bits per heavy atom. The van der Waals surface area contributed by atoms with Crippen molar-refractivity contribution >= 4 is 61.3 Å². The van der Waals surface area contributed by atoms with E-state index < -0.39 is 0 Å². The molecule has 0 aliphatic heterocycles. The Morgan fingerprint density at radius 1 is 0.378 bits per heavy atom. The lowest BCUT2D eigenvalue weighted by Crippen LogP contribution is -2.10. The second-order valence-corrected chi connectivity index (χ2v) is 19.6. The Bertz CT molecular complexity index is 4180. The first-order valence-electron chi connectivity index (χ1n) is 25.7. The van der Waals surface area contributed by atoms with Gasteiger partial charge in [-0.25, -0.2) is 0 Å². The maximum atomic E-state index is 2.42. The number of hydrogen-bond acceptors (Lipinski definition) is 1. The van der Waals surface area contributed by atoms with Crippen LogP contribution >= 0.6 is 0 Å². The number of allylic oxidation sites excluding steroid dienone is 5. The summed E-state index contributed by atoms with van der Waals surface area (Å²) in [5.74, 6) is 0.406. The molecule has 2 aliphatic rings. The minimum absolute atomic E-state index is 0.406. The monoisotopic (exact) mass is 942 g/mol. The first kappa shape index (κ1) is 43.3. The zero-order chi connectivity index (χ0) is 49.0. The average Bonchev–Trinajstić information content (AvgIpc) is 3.82. The van der Waals surface area contributed by atoms with Gasteiger partial charge < -0.3 is 9.47 Å². The molecule has 0 spiro atoms. The van der Waals surface area contributed by atoms with Crippen LogP contribution in [0.3, 0.4) is 0 Å². The number of hydrogen-bond donors (Lipinski definition) is 0. The molecule has 0 radical (unpaired) electrons. The van der Waals surface area contributed by atoms with Gasteiger partial charge in [0.1, 0.15) is 0 Å². The highest BCUT2D eigenvalue weighted by atomic mass is 15.1. The quantitative estimate of drug-likeness (QED) is 0.140. The van der Waals surface area contributed by atoms with Gasteiger partial charge in [-0.2, -0.15) is 0 Å². The molecule has 2 aliphatic carbocycles. The molecule has 0 amide bonds. The standard InChI is InChI=1S/C72H50N2/c1-2-20-60(21-3-1)74-70-28-9-8-25-69(70)72-68(27-13-29-71(72)74)58-19-10-17-55(46-58)56-18-11-22-63(48-56)73(62-43-38-51(39-44-62)57-40-45-67-59(47-57)35-34-53-15-5-7-24-65(53)67)61-41-36-50(37-42-61)49-30-32-54(33-31-49)66-26-12-16-52-14-4-6-23-64(52)66/h1-44,46-48,67H,45H2. The summed E-state index contributed by atoms with van der Waals surface area (Å²) >= 11 is 0. The van der Waals surface area contributed by atoms with Crippen LogP contribution in [0.2, 0.25) is 0 Å². The molecule has 14 rings (SSSR count). The smallest absolute Gasteiger partial charge is 0.0547 e. The molecular formula is C72H50N2. The third-order valence-corrected chi connectivity index (χ3v) is 15.4. The molecule has 12 aromatic rings. The maximum absolute atomic E-state index is 2.42. The van der Waals surface area contributed by atoms with Crippen LogP contribution in [0.1, 0.15) is 29.0 Å². The zero-order valence-electron chi connectivity index (χ0n) is 40.8. The highest BCUT2D eigenvalue weighted by molar-refractivity contribution is 6.16. The molecule has 2 nitrogen and oxygen atoms in total. The first-order chi connectivity index (χ1) is 36.7. The first-order valence-corrected chi connectivity index (χ1v) is 25.7. The van der Waals surface area contributed by atoms with Gasteiger partial charge in [0.15, 0.2) is 0 Å². The SMILES string of the molecule is C1=Cc2ccccc2C2CC=C(c3ccc(N(c4ccc(-c5ccc(-c6cccc7ccccc67)cc5)cc4)c4cccc(-c5cccc(-c6cccc7c6c6ccccc6n7-c6ccccc6)c5)c4)cc3)C=C12. The van der Waals surface area contributed by atoms with E-state index >= 15 is 0 Å². The fraction of sp³-hybridized carbons (Fsp3) is 0.0278. The summed E-state index contributed by atoms with van der Waals surface area (Å²) in [4.78, 5) is 2.40. The van der Waals surface area contributed by atoms with Crippen molar-refractivity contribution in [2.45, 2.75) is 12.3 Å². The second kappa shape index (κ2) is 18.3. The van der Waals surface area contributed by atoms with Crippen LogP contribution in [-0.2, 0) is 0 Å². The van der Waals surface area contributed by atoms with Crippen LogP contribution in [0.25, 0.3) is 94.4 Å². The lowest BCUT2D eigenvalue weighted by Gasteiger charge is -2.28. The van der Waals surface area contributed by atoms with E-state index in [9.17, 15) is 0 Å². The number of anilines is 3. The van der Waals surface area contributed by atoms with E-state index in [0.29, 0.717) is 5.92 Å². The van der Waals surface area contributed by atoms with Gasteiger partial charge in [-0.05, 0) is 156 Å². The van der Waals surface area contributed by atoms with Crippen molar-refractivity contribution in [2.24, 2.45) is 0 Å². The lowest BCUT2D eigenvalue weighted by molar-refractivity contribution is 0.813. The van der Waals surface area contributed by atoms with Crippen molar-refractivity contribution < 1.29 is 0 Å². The molecule has 0 bridgehead atoms. The summed E-state index contributed by atoms with van der Waals surface area (Å²) in [7, 11) is 0. The number of rotatable bonds is 9. The number of fused-ring (bicyclic) bond motifs is 7. The maximum Gasteiger partial charge on any atom is 0.0547 e. The van der Waals surface area contributed by atoms with Crippen molar-refractivity contribution in [2.75, 3.05) is 4.90 Å². The normalized spacial score (nSPS) is 13.9. The van der Waals surface area contributed by atoms with Crippen LogP contribution in [0.5, 0.6) is 0 Å².